The minimum Gasteiger partial charge on any atom is -0.394 e. The maximum Gasteiger partial charge on any atom is 0.483 e. The molecule has 0 bridgehead atoms. The quantitative estimate of drug-likeness (QED) is 0.109. The molecule has 4 rings (SSSR count). The van der Waals surface area contributed by atoms with Gasteiger partial charge in [0.25, 0.3) is 5.56 Å². The lowest BCUT2D eigenvalue weighted by Gasteiger charge is -2.41. The van der Waals surface area contributed by atoms with E-state index in [1.54, 1.807) is 0 Å². The highest BCUT2D eigenvalue weighted by molar-refractivity contribution is 7.61. The van der Waals surface area contributed by atoms with E-state index < -0.39 is 95.8 Å². The molecule has 2 saturated heterocycles. The molecule has 2 unspecified atom stereocenters. The number of aliphatic hydroxyl groups is 7. The number of hydrogen-bond donors (Lipinski definition) is 11. The van der Waals surface area contributed by atoms with Crippen molar-refractivity contribution in [3.8, 4) is 0 Å². The van der Waals surface area contributed by atoms with Crippen molar-refractivity contribution in [1.82, 2.24) is 19.5 Å². The normalized spacial score (nSPS) is 36.2. The number of anilines is 1. The number of phosphoric ester groups is 2. The van der Waals surface area contributed by atoms with Crippen molar-refractivity contribution in [3.63, 3.8) is 0 Å². The van der Waals surface area contributed by atoms with Crippen LogP contribution in [0.5, 0.6) is 0 Å². The third-order valence-electron chi connectivity index (χ3n) is 6.08. The average Bonchev–Trinajstić information content (AvgIpc) is 3.42. The number of nitrogen functional groups attached to an aromatic ring is 1. The van der Waals surface area contributed by atoms with Gasteiger partial charge in [-0.1, -0.05) is 0 Å². The van der Waals surface area contributed by atoms with Gasteiger partial charge in [0, 0.05) is 0 Å². The summed E-state index contributed by atoms with van der Waals surface area (Å²) in [6.07, 6.45) is -17.7. The molecule has 2 aliphatic heterocycles. The zero-order chi connectivity index (χ0) is 30.4. The van der Waals surface area contributed by atoms with E-state index in [1.165, 1.54) is 0 Å². The van der Waals surface area contributed by atoms with Crippen LogP contribution in [0.25, 0.3) is 11.2 Å². The highest BCUT2D eigenvalue weighted by Crippen LogP contribution is 2.61. The van der Waals surface area contributed by atoms with Crippen LogP contribution in [-0.4, -0.2) is 133 Å². The van der Waals surface area contributed by atoms with Gasteiger partial charge in [-0.2, -0.15) is 9.29 Å². The molecule has 24 heteroatoms. The van der Waals surface area contributed by atoms with E-state index in [1.807, 2.05) is 0 Å². The maximum atomic E-state index is 12.4. The van der Waals surface area contributed by atoms with E-state index in [0.29, 0.717) is 0 Å². The van der Waals surface area contributed by atoms with Crippen molar-refractivity contribution in [2.45, 2.75) is 61.3 Å². The highest BCUT2D eigenvalue weighted by Gasteiger charge is 2.51. The van der Waals surface area contributed by atoms with Gasteiger partial charge in [0.15, 0.2) is 23.7 Å². The lowest BCUT2D eigenvalue weighted by Crippen LogP contribution is -2.61. The molecule has 12 atom stereocenters. The van der Waals surface area contributed by atoms with Crippen LogP contribution < -0.4 is 11.3 Å². The van der Waals surface area contributed by atoms with E-state index in [-0.39, 0.29) is 17.1 Å². The second-order valence-corrected chi connectivity index (χ2v) is 11.9. The van der Waals surface area contributed by atoms with Crippen molar-refractivity contribution >= 4 is 32.8 Å². The lowest BCUT2D eigenvalue weighted by atomic mass is 9.96. The molecular formula is C17H27N5O17P2. The number of rotatable bonds is 10. The highest BCUT2D eigenvalue weighted by atomic mass is 31.3. The van der Waals surface area contributed by atoms with Gasteiger partial charge >= 0.3 is 15.6 Å². The summed E-state index contributed by atoms with van der Waals surface area (Å²) in [5, 5.41) is 69.3. The SMILES string of the molecule is Nc1nc2c(ncn2[C@@H]2O[C@H](COP(=O)(O)OP(=O)(O)O[C@H]3O[C@H]([C@H](O)CO)[C@@H](O)[C@H](O)[C@@H]3O)[C@@H](O)[C@H]2O)c(=O)[nH]1. The summed E-state index contributed by atoms with van der Waals surface area (Å²) in [5.74, 6) is -0.289. The molecule has 232 valence electrons. The molecule has 0 aliphatic carbocycles. The number of fused-ring (bicyclic) bond motifs is 1. The number of aromatic amines is 1. The van der Waals surface area contributed by atoms with Crippen LogP contribution in [0.1, 0.15) is 6.23 Å². The summed E-state index contributed by atoms with van der Waals surface area (Å²) >= 11 is 0. The molecule has 22 nitrogen and oxygen atoms in total. The van der Waals surface area contributed by atoms with E-state index in [0.717, 1.165) is 10.9 Å². The molecule has 0 radical (unpaired) electrons. The summed E-state index contributed by atoms with van der Waals surface area (Å²) in [6.45, 7) is -2.02. The fraction of sp³-hybridized carbons (Fsp3) is 0.706. The van der Waals surface area contributed by atoms with E-state index in [2.05, 4.69) is 28.3 Å². The molecule has 0 spiro atoms. The van der Waals surface area contributed by atoms with Crippen LogP contribution in [0.3, 0.4) is 0 Å². The van der Waals surface area contributed by atoms with Gasteiger partial charge < -0.3 is 60.7 Å². The Bertz CT molecular complexity index is 1390. The Hall–Kier alpha value is -1.95. The Balaban J connectivity index is 1.40. The minimum atomic E-state index is -5.69. The monoisotopic (exact) mass is 635 g/mol. The first-order valence-electron chi connectivity index (χ1n) is 11.5. The summed E-state index contributed by atoms with van der Waals surface area (Å²) in [7, 11) is -11.2. The summed E-state index contributed by atoms with van der Waals surface area (Å²) in [5.41, 5.74) is 4.51. The van der Waals surface area contributed by atoms with Gasteiger partial charge in [-0.25, -0.2) is 14.1 Å². The largest absolute Gasteiger partial charge is 0.483 e. The third kappa shape index (κ3) is 6.68. The number of H-pyrrole nitrogens is 1. The minimum absolute atomic E-state index is 0.128. The second-order valence-electron chi connectivity index (χ2n) is 8.93. The number of imidazole rings is 1. The predicted octanol–water partition coefficient (Wildman–Crippen LogP) is -5.27. The van der Waals surface area contributed by atoms with Crippen LogP contribution in [-0.2, 0) is 32.0 Å². The molecule has 2 aromatic rings. The molecule has 4 heterocycles. The molecule has 2 aliphatic rings. The molecule has 41 heavy (non-hydrogen) atoms. The van der Waals surface area contributed by atoms with Gasteiger partial charge in [0.05, 0.1) is 19.5 Å². The van der Waals surface area contributed by atoms with Crippen molar-refractivity contribution in [2.75, 3.05) is 18.9 Å². The first kappa shape index (κ1) is 32.0. The molecule has 2 aromatic heterocycles. The van der Waals surface area contributed by atoms with Crippen LogP contribution >= 0.6 is 15.6 Å². The summed E-state index contributed by atoms with van der Waals surface area (Å²) in [6, 6.07) is 0. The Labute approximate surface area is 227 Å². The number of aromatic nitrogens is 4. The molecule has 2 fully saturated rings. The number of nitrogens with one attached hydrogen (secondary N) is 1. The molecule has 0 aromatic carbocycles. The first-order chi connectivity index (χ1) is 19.0. The fourth-order valence-electron chi connectivity index (χ4n) is 4.08. The van der Waals surface area contributed by atoms with Crippen molar-refractivity contribution in [3.05, 3.63) is 16.7 Å². The Morgan fingerprint density at radius 2 is 1.73 bits per heavy atom. The Kier molecular flexibility index (Phi) is 9.34. The zero-order valence-electron chi connectivity index (χ0n) is 20.4. The van der Waals surface area contributed by atoms with Gasteiger partial charge in [-0.3, -0.25) is 23.4 Å². The summed E-state index contributed by atoms with van der Waals surface area (Å²) < 4.78 is 49.3. The van der Waals surface area contributed by atoms with Gasteiger partial charge in [-0.15, -0.1) is 0 Å². The fourth-order valence-corrected chi connectivity index (χ4v) is 6.24. The van der Waals surface area contributed by atoms with Gasteiger partial charge in [0.1, 0.15) is 48.8 Å². The smallest absolute Gasteiger partial charge is 0.394 e. The standard InChI is InChI=1S/C17H27N5O17P2/c18-17-20-13-6(14(30)21-17)19-3-22(13)15-10(28)7(25)5(36-15)2-35-40(31,32)39-41(33,34)38-16-11(29)8(26)9(27)12(37-16)4(24)1-23/h3-5,7-12,15-16,23-29H,1-2H2,(H,31,32)(H,33,34)(H3,18,20,21,30)/t4-,5-,7-,8+,9+,10-,11+,12-,15-,16-/m1/s1. The Morgan fingerprint density at radius 1 is 1.05 bits per heavy atom. The lowest BCUT2D eigenvalue weighted by molar-refractivity contribution is -0.292. The number of hydrogen-bond acceptors (Lipinski definition) is 18. The summed E-state index contributed by atoms with van der Waals surface area (Å²) in [4.78, 5) is 41.8. The van der Waals surface area contributed by atoms with Crippen molar-refractivity contribution in [2.24, 2.45) is 0 Å². The third-order valence-corrected chi connectivity index (χ3v) is 8.68. The molecular weight excluding hydrogens is 608 g/mol. The van der Waals surface area contributed by atoms with E-state index in [9.17, 15) is 54.4 Å². The topological polar surface area (TPSA) is 352 Å². The molecule has 0 amide bonds. The van der Waals surface area contributed by atoms with Gasteiger partial charge in [-0.05, 0) is 0 Å². The number of phosphoric acid groups is 2. The first-order valence-corrected chi connectivity index (χ1v) is 14.5. The van der Waals surface area contributed by atoms with Crippen LogP contribution in [0.4, 0.5) is 5.95 Å². The number of nitrogens with zero attached hydrogens (tertiary/aromatic N) is 3. The van der Waals surface area contributed by atoms with Crippen molar-refractivity contribution in [1.29, 1.82) is 0 Å². The van der Waals surface area contributed by atoms with Crippen molar-refractivity contribution < 1.29 is 77.5 Å². The number of nitrogens with two attached hydrogens (primary N) is 1. The van der Waals surface area contributed by atoms with Gasteiger partial charge in [0.2, 0.25) is 5.95 Å². The zero-order valence-corrected chi connectivity index (χ0v) is 22.2. The predicted molar refractivity (Wildman–Crippen MR) is 126 cm³/mol. The molecule has 12 N–H and O–H groups in total. The number of aliphatic hydroxyl groups excluding tert-OH is 7. The van der Waals surface area contributed by atoms with Crippen LogP contribution in [0.2, 0.25) is 0 Å². The second kappa shape index (κ2) is 12.0. The Morgan fingerprint density at radius 3 is 2.39 bits per heavy atom. The van der Waals surface area contributed by atoms with Crippen LogP contribution in [0, 0.1) is 0 Å². The number of ether oxygens (including phenoxy) is 2. The van der Waals surface area contributed by atoms with Crippen LogP contribution in [0.15, 0.2) is 11.1 Å². The van der Waals surface area contributed by atoms with E-state index in [4.69, 9.17) is 20.3 Å². The maximum absolute atomic E-state index is 12.4. The molecule has 0 saturated carbocycles. The average molecular weight is 635 g/mol. The van der Waals surface area contributed by atoms with E-state index >= 15 is 0 Å².